The van der Waals surface area contributed by atoms with Crippen LogP contribution in [0, 0.1) is 12.8 Å². The van der Waals surface area contributed by atoms with Gasteiger partial charge in [0.2, 0.25) is 5.91 Å². The van der Waals surface area contributed by atoms with E-state index in [1.807, 2.05) is 32.2 Å². The molecule has 0 bridgehead atoms. The molecule has 0 aliphatic rings. The van der Waals surface area contributed by atoms with Gasteiger partial charge in [0, 0.05) is 19.0 Å². The minimum atomic E-state index is 0.00835. The first-order valence-electron chi connectivity index (χ1n) is 5.62. The summed E-state index contributed by atoms with van der Waals surface area (Å²) in [4.78, 5) is 11.7. The predicted molar refractivity (Wildman–Crippen MR) is 66.1 cm³/mol. The van der Waals surface area contributed by atoms with Crippen LogP contribution in [0.3, 0.4) is 0 Å². The molecule has 0 aliphatic carbocycles. The van der Waals surface area contributed by atoms with E-state index >= 15 is 0 Å². The van der Waals surface area contributed by atoms with Crippen LogP contribution in [0.4, 0.5) is 0 Å². The maximum atomic E-state index is 11.7. The number of carbonyl (C=O) groups excluding carboxylic acids is 1. The maximum Gasteiger partial charge on any atom is 0.224 e. The lowest BCUT2D eigenvalue weighted by atomic mass is 10.1. The molecule has 0 aliphatic heterocycles. The van der Waals surface area contributed by atoms with Crippen molar-refractivity contribution in [2.24, 2.45) is 5.92 Å². The predicted octanol–water partition coefficient (Wildman–Crippen LogP) is 1.47. The van der Waals surface area contributed by atoms with E-state index in [0.717, 1.165) is 0 Å². The number of rotatable bonds is 5. The summed E-state index contributed by atoms with van der Waals surface area (Å²) in [6.45, 7) is 5.29. The van der Waals surface area contributed by atoms with Crippen LogP contribution in [-0.2, 0) is 11.3 Å². The summed E-state index contributed by atoms with van der Waals surface area (Å²) in [6.07, 6.45) is 0. The molecule has 16 heavy (non-hydrogen) atoms. The fourth-order valence-corrected chi connectivity index (χ4v) is 1.56. The van der Waals surface area contributed by atoms with E-state index in [1.165, 1.54) is 11.1 Å². The van der Waals surface area contributed by atoms with Crippen LogP contribution >= 0.6 is 0 Å². The average molecular weight is 220 g/mol. The molecule has 1 amide bonds. The van der Waals surface area contributed by atoms with Crippen LogP contribution < -0.4 is 10.6 Å². The Morgan fingerprint density at radius 3 is 2.69 bits per heavy atom. The third kappa shape index (κ3) is 3.66. The molecule has 0 radical (unpaired) electrons. The van der Waals surface area contributed by atoms with Gasteiger partial charge in [-0.3, -0.25) is 4.79 Å². The van der Waals surface area contributed by atoms with Gasteiger partial charge in [-0.2, -0.15) is 0 Å². The molecule has 1 atom stereocenters. The Balaban J connectivity index is 2.46. The van der Waals surface area contributed by atoms with E-state index in [-0.39, 0.29) is 11.8 Å². The highest BCUT2D eigenvalue weighted by atomic mass is 16.1. The molecule has 1 rings (SSSR count). The molecule has 1 aromatic carbocycles. The molecule has 0 saturated heterocycles. The molecule has 0 aromatic heterocycles. The number of hydrogen-bond donors (Lipinski definition) is 2. The van der Waals surface area contributed by atoms with Crippen LogP contribution in [0.1, 0.15) is 18.1 Å². The third-order valence-corrected chi connectivity index (χ3v) is 2.67. The molecule has 3 nitrogen and oxygen atoms in total. The minimum Gasteiger partial charge on any atom is -0.352 e. The van der Waals surface area contributed by atoms with Crippen molar-refractivity contribution in [3.05, 3.63) is 35.4 Å². The van der Waals surface area contributed by atoms with E-state index in [9.17, 15) is 4.79 Å². The van der Waals surface area contributed by atoms with Gasteiger partial charge in [0.1, 0.15) is 0 Å². The summed E-state index contributed by atoms with van der Waals surface area (Å²) < 4.78 is 0. The molecular weight excluding hydrogens is 200 g/mol. The van der Waals surface area contributed by atoms with Crippen LogP contribution in [0.5, 0.6) is 0 Å². The highest BCUT2D eigenvalue weighted by Gasteiger charge is 2.11. The molecule has 0 spiro atoms. The second-order valence-electron chi connectivity index (χ2n) is 4.10. The van der Waals surface area contributed by atoms with Gasteiger partial charge < -0.3 is 10.6 Å². The lowest BCUT2D eigenvalue weighted by molar-refractivity contribution is -0.124. The molecule has 0 fully saturated rings. The first kappa shape index (κ1) is 12.7. The first-order valence-corrected chi connectivity index (χ1v) is 5.62. The number of carbonyl (C=O) groups is 1. The van der Waals surface area contributed by atoms with Crippen LogP contribution in [0.15, 0.2) is 24.3 Å². The summed E-state index contributed by atoms with van der Waals surface area (Å²) in [5, 5.41) is 5.94. The van der Waals surface area contributed by atoms with Crippen molar-refractivity contribution in [3.63, 3.8) is 0 Å². The average Bonchev–Trinajstić information content (AvgIpc) is 2.28. The SMILES string of the molecule is CNCC(C)C(=O)NCc1ccccc1C. The van der Waals surface area contributed by atoms with Gasteiger partial charge >= 0.3 is 0 Å². The van der Waals surface area contributed by atoms with Crippen LogP contribution in [0.2, 0.25) is 0 Å². The zero-order valence-corrected chi connectivity index (χ0v) is 10.2. The standard InChI is InChI=1S/C13H20N2O/c1-10-6-4-5-7-12(10)9-15-13(16)11(2)8-14-3/h4-7,11,14H,8-9H2,1-3H3,(H,15,16). The van der Waals surface area contributed by atoms with Crippen molar-refractivity contribution >= 4 is 5.91 Å². The van der Waals surface area contributed by atoms with Gasteiger partial charge in [0.25, 0.3) is 0 Å². The van der Waals surface area contributed by atoms with Gasteiger partial charge in [-0.25, -0.2) is 0 Å². The normalized spacial score (nSPS) is 12.2. The van der Waals surface area contributed by atoms with E-state index in [0.29, 0.717) is 13.1 Å². The Kier molecular flexibility index (Phi) is 4.99. The van der Waals surface area contributed by atoms with Gasteiger partial charge in [0.15, 0.2) is 0 Å². The van der Waals surface area contributed by atoms with Crippen molar-refractivity contribution in [1.82, 2.24) is 10.6 Å². The maximum absolute atomic E-state index is 11.7. The van der Waals surface area contributed by atoms with Gasteiger partial charge in [-0.05, 0) is 25.1 Å². The Morgan fingerprint density at radius 2 is 2.06 bits per heavy atom. The topological polar surface area (TPSA) is 41.1 Å². The molecule has 88 valence electrons. The highest BCUT2D eigenvalue weighted by molar-refractivity contribution is 5.78. The Morgan fingerprint density at radius 1 is 1.38 bits per heavy atom. The van der Waals surface area contributed by atoms with Gasteiger partial charge in [-0.15, -0.1) is 0 Å². The third-order valence-electron chi connectivity index (χ3n) is 2.67. The largest absolute Gasteiger partial charge is 0.352 e. The number of amides is 1. The van der Waals surface area contributed by atoms with Crippen LogP contribution in [0.25, 0.3) is 0 Å². The fourth-order valence-electron chi connectivity index (χ4n) is 1.56. The van der Waals surface area contributed by atoms with E-state index in [2.05, 4.69) is 23.6 Å². The Bertz CT molecular complexity index is 350. The summed E-state index contributed by atoms with van der Waals surface area (Å²) in [5.74, 6) is 0.103. The van der Waals surface area contributed by atoms with Crippen molar-refractivity contribution in [2.75, 3.05) is 13.6 Å². The van der Waals surface area contributed by atoms with E-state index in [4.69, 9.17) is 0 Å². The van der Waals surface area contributed by atoms with E-state index in [1.54, 1.807) is 0 Å². The molecular formula is C13H20N2O. The molecule has 2 N–H and O–H groups in total. The monoisotopic (exact) mass is 220 g/mol. The number of aryl methyl sites for hydroxylation is 1. The molecule has 1 unspecified atom stereocenters. The highest BCUT2D eigenvalue weighted by Crippen LogP contribution is 2.06. The van der Waals surface area contributed by atoms with Crippen molar-refractivity contribution in [3.8, 4) is 0 Å². The second kappa shape index (κ2) is 6.28. The summed E-state index contributed by atoms with van der Waals surface area (Å²) in [5.41, 5.74) is 2.39. The Hall–Kier alpha value is -1.35. The molecule has 1 aromatic rings. The number of nitrogens with one attached hydrogen (secondary N) is 2. The lowest BCUT2D eigenvalue weighted by Crippen LogP contribution is -2.34. The zero-order valence-electron chi connectivity index (χ0n) is 10.2. The number of benzene rings is 1. The minimum absolute atomic E-state index is 0.00835. The van der Waals surface area contributed by atoms with Gasteiger partial charge in [0.05, 0.1) is 0 Å². The zero-order chi connectivity index (χ0) is 12.0. The first-order chi connectivity index (χ1) is 7.65. The fraction of sp³-hybridized carbons (Fsp3) is 0.462. The summed E-state index contributed by atoms with van der Waals surface area (Å²) in [7, 11) is 1.85. The number of hydrogen-bond acceptors (Lipinski definition) is 2. The summed E-state index contributed by atoms with van der Waals surface area (Å²) in [6, 6.07) is 8.09. The molecule has 0 heterocycles. The smallest absolute Gasteiger partial charge is 0.224 e. The lowest BCUT2D eigenvalue weighted by Gasteiger charge is -2.12. The van der Waals surface area contributed by atoms with Crippen molar-refractivity contribution < 1.29 is 4.79 Å². The van der Waals surface area contributed by atoms with Gasteiger partial charge in [-0.1, -0.05) is 31.2 Å². The molecule has 0 saturated carbocycles. The summed E-state index contributed by atoms with van der Waals surface area (Å²) >= 11 is 0. The van der Waals surface area contributed by atoms with Crippen LogP contribution in [-0.4, -0.2) is 19.5 Å². The quantitative estimate of drug-likeness (QED) is 0.789. The van der Waals surface area contributed by atoms with Crippen molar-refractivity contribution in [1.29, 1.82) is 0 Å². The molecule has 3 heteroatoms. The van der Waals surface area contributed by atoms with E-state index < -0.39 is 0 Å². The second-order valence-corrected chi connectivity index (χ2v) is 4.10. The van der Waals surface area contributed by atoms with Crippen molar-refractivity contribution in [2.45, 2.75) is 20.4 Å². The Labute approximate surface area is 97.2 Å².